The van der Waals surface area contributed by atoms with Crippen molar-refractivity contribution in [3.63, 3.8) is 0 Å². The minimum Gasteiger partial charge on any atom is -0.374 e. The van der Waals surface area contributed by atoms with Gasteiger partial charge in [0.25, 0.3) is 0 Å². The van der Waals surface area contributed by atoms with E-state index in [0.717, 1.165) is 5.56 Å². The molecule has 6 nitrogen and oxygen atoms in total. The molecule has 5 atom stereocenters. The lowest BCUT2D eigenvalue weighted by Crippen LogP contribution is -2.58. The fourth-order valence-corrected chi connectivity index (χ4v) is 3.38. The van der Waals surface area contributed by atoms with Crippen LogP contribution in [0.4, 0.5) is 0 Å². The molecule has 0 radical (unpaired) electrons. The molecule has 0 unspecified atom stereocenters. The number of methoxy groups -OCH3 is 1. The highest BCUT2D eigenvalue weighted by Gasteiger charge is 2.56. The first-order valence-corrected chi connectivity index (χ1v) is 8.92. The van der Waals surface area contributed by atoms with Crippen LogP contribution in [0.15, 0.2) is 43.0 Å². The van der Waals surface area contributed by atoms with Crippen LogP contribution < -0.4 is 0 Å². The van der Waals surface area contributed by atoms with Gasteiger partial charge in [-0.15, -0.1) is 6.58 Å². The van der Waals surface area contributed by atoms with E-state index in [1.165, 1.54) is 0 Å². The van der Waals surface area contributed by atoms with E-state index in [1.807, 2.05) is 44.2 Å². The summed E-state index contributed by atoms with van der Waals surface area (Å²) in [5.74, 6) is -0.713. The number of fused-ring (bicyclic) bond motifs is 1. The molecule has 6 heteroatoms. The Bertz CT molecular complexity index is 575. The van der Waals surface area contributed by atoms with Crippen molar-refractivity contribution < 1.29 is 28.4 Å². The van der Waals surface area contributed by atoms with Crippen molar-refractivity contribution in [1.82, 2.24) is 0 Å². The van der Waals surface area contributed by atoms with E-state index in [-0.39, 0.29) is 18.3 Å². The average molecular weight is 364 g/mol. The first-order valence-electron chi connectivity index (χ1n) is 8.92. The summed E-state index contributed by atoms with van der Waals surface area (Å²) in [6.07, 6.45) is -0.151. The summed E-state index contributed by atoms with van der Waals surface area (Å²) >= 11 is 0. The fourth-order valence-electron chi connectivity index (χ4n) is 3.38. The molecule has 26 heavy (non-hydrogen) atoms. The fraction of sp³-hybridized carbons (Fsp3) is 0.600. The standard InChI is InChI=1S/C20H28O6/c1-5-11-23-18-17-16(25-20(2,3)26-17)15(24-19(18)21-4)13-22-12-14-9-7-6-8-10-14/h5-10,15-19H,1,11-13H2,2-4H3/t15-,16-,17+,18+,19-/m1/s1. The summed E-state index contributed by atoms with van der Waals surface area (Å²) in [7, 11) is 1.60. The molecule has 2 aliphatic rings. The van der Waals surface area contributed by atoms with Crippen molar-refractivity contribution in [3.8, 4) is 0 Å². The second kappa shape index (κ2) is 8.61. The molecule has 2 fully saturated rings. The van der Waals surface area contributed by atoms with Crippen molar-refractivity contribution >= 4 is 0 Å². The summed E-state index contributed by atoms with van der Waals surface area (Å²) < 4.78 is 35.5. The molecule has 1 aromatic carbocycles. The van der Waals surface area contributed by atoms with Crippen LogP contribution in [0.25, 0.3) is 0 Å². The molecule has 0 aromatic heterocycles. The first-order chi connectivity index (χ1) is 12.5. The third kappa shape index (κ3) is 4.52. The van der Waals surface area contributed by atoms with E-state index in [4.69, 9.17) is 28.4 Å². The Kier molecular flexibility index (Phi) is 6.45. The highest BCUT2D eigenvalue weighted by atomic mass is 16.8. The van der Waals surface area contributed by atoms with Gasteiger partial charge in [-0.1, -0.05) is 36.4 Å². The smallest absolute Gasteiger partial charge is 0.186 e. The van der Waals surface area contributed by atoms with Crippen LogP contribution in [0, 0.1) is 0 Å². The second-order valence-corrected chi connectivity index (χ2v) is 6.93. The Morgan fingerprint density at radius 3 is 2.58 bits per heavy atom. The van der Waals surface area contributed by atoms with Gasteiger partial charge >= 0.3 is 0 Å². The highest BCUT2D eigenvalue weighted by Crippen LogP contribution is 2.39. The molecule has 144 valence electrons. The van der Waals surface area contributed by atoms with E-state index in [1.54, 1.807) is 13.2 Å². The van der Waals surface area contributed by atoms with Gasteiger partial charge in [-0.25, -0.2) is 0 Å². The number of hydrogen-bond acceptors (Lipinski definition) is 6. The van der Waals surface area contributed by atoms with Crippen LogP contribution in [0.2, 0.25) is 0 Å². The maximum absolute atomic E-state index is 6.09. The van der Waals surface area contributed by atoms with E-state index >= 15 is 0 Å². The van der Waals surface area contributed by atoms with Crippen LogP contribution >= 0.6 is 0 Å². The maximum Gasteiger partial charge on any atom is 0.186 e. The number of ether oxygens (including phenoxy) is 6. The van der Waals surface area contributed by atoms with Crippen molar-refractivity contribution in [1.29, 1.82) is 0 Å². The number of rotatable bonds is 8. The molecular formula is C20H28O6. The largest absolute Gasteiger partial charge is 0.374 e. The van der Waals surface area contributed by atoms with Gasteiger partial charge in [0, 0.05) is 7.11 Å². The van der Waals surface area contributed by atoms with Crippen LogP contribution in [-0.4, -0.2) is 56.8 Å². The zero-order valence-corrected chi connectivity index (χ0v) is 15.6. The molecule has 2 aliphatic heterocycles. The van der Waals surface area contributed by atoms with E-state index < -0.39 is 18.2 Å². The topological polar surface area (TPSA) is 55.4 Å². The van der Waals surface area contributed by atoms with Crippen molar-refractivity contribution in [2.45, 2.75) is 56.9 Å². The normalized spacial score (nSPS) is 33.0. The Morgan fingerprint density at radius 1 is 1.15 bits per heavy atom. The van der Waals surface area contributed by atoms with Crippen LogP contribution in [0.3, 0.4) is 0 Å². The Morgan fingerprint density at radius 2 is 1.88 bits per heavy atom. The lowest BCUT2D eigenvalue weighted by molar-refractivity contribution is -0.284. The Hall–Kier alpha value is -1.28. The molecule has 1 aromatic rings. The van der Waals surface area contributed by atoms with Gasteiger partial charge in [0.2, 0.25) is 0 Å². The van der Waals surface area contributed by atoms with Gasteiger partial charge in [0.15, 0.2) is 12.1 Å². The molecule has 2 saturated heterocycles. The Balaban J connectivity index is 1.66. The minimum absolute atomic E-state index is 0.290. The van der Waals surface area contributed by atoms with Gasteiger partial charge in [0.05, 0.1) is 19.8 Å². The molecule has 0 spiro atoms. The molecule has 0 saturated carbocycles. The third-order valence-electron chi connectivity index (χ3n) is 4.46. The molecule has 2 heterocycles. The molecule has 0 amide bonds. The van der Waals surface area contributed by atoms with E-state index in [9.17, 15) is 0 Å². The SMILES string of the molecule is C=CCO[C@@H]1[C@H](OC)O[C@H](COCc2ccccc2)[C@H]2OC(C)(C)O[C@H]12. The van der Waals surface area contributed by atoms with Crippen LogP contribution in [0.1, 0.15) is 19.4 Å². The van der Waals surface area contributed by atoms with Gasteiger partial charge in [-0.2, -0.15) is 0 Å². The lowest BCUT2D eigenvalue weighted by Gasteiger charge is -2.41. The molecule has 3 rings (SSSR count). The molecular weight excluding hydrogens is 336 g/mol. The highest BCUT2D eigenvalue weighted by molar-refractivity contribution is 5.13. The van der Waals surface area contributed by atoms with E-state index in [2.05, 4.69) is 6.58 Å². The summed E-state index contributed by atoms with van der Waals surface area (Å²) in [4.78, 5) is 0. The summed E-state index contributed by atoms with van der Waals surface area (Å²) in [6, 6.07) is 10.0. The summed E-state index contributed by atoms with van der Waals surface area (Å²) in [5.41, 5.74) is 1.11. The minimum atomic E-state index is -0.713. The molecule has 0 N–H and O–H groups in total. The average Bonchev–Trinajstić information content (AvgIpc) is 2.96. The van der Waals surface area contributed by atoms with Crippen molar-refractivity contribution in [3.05, 3.63) is 48.6 Å². The van der Waals surface area contributed by atoms with Gasteiger partial charge in [0.1, 0.15) is 24.4 Å². The zero-order chi connectivity index (χ0) is 18.6. The Labute approximate surface area is 155 Å². The predicted molar refractivity (Wildman–Crippen MR) is 95.5 cm³/mol. The summed E-state index contributed by atoms with van der Waals surface area (Å²) in [6.45, 7) is 8.75. The number of benzene rings is 1. The van der Waals surface area contributed by atoms with E-state index in [0.29, 0.717) is 19.8 Å². The van der Waals surface area contributed by atoms with Gasteiger partial charge < -0.3 is 28.4 Å². The van der Waals surface area contributed by atoms with Gasteiger partial charge in [-0.3, -0.25) is 0 Å². The lowest BCUT2D eigenvalue weighted by atomic mass is 9.99. The zero-order valence-electron chi connectivity index (χ0n) is 15.6. The van der Waals surface area contributed by atoms with Crippen molar-refractivity contribution in [2.75, 3.05) is 20.3 Å². The number of hydrogen-bond donors (Lipinski definition) is 0. The molecule has 0 bridgehead atoms. The van der Waals surface area contributed by atoms with Crippen LogP contribution in [0.5, 0.6) is 0 Å². The molecule has 0 aliphatic carbocycles. The first kappa shape index (κ1) is 19.5. The monoisotopic (exact) mass is 364 g/mol. The quantitative estimate of drug-likeness (QED) is 0.661. The van der Waals surface area contributed by atoms with Gasteiger partial charge in [-0.05, 0) is 19.4 Å². The van der Waals surface area contributed by atoms with Crippen LogP contribution in [-0.2, 0) is 35.0 Å². The van der Waals surface area contributed by atoms with Crippen molar-refractivity contribution in [2.24, 2.45) is 0 Å². The maximum atomic E-state index is 6.09. The predicted octanol–water partition coefficient (Wildman–Crippen LogP) is 2.67. The second-order valence-electron chi connectivity index (χ2n) is 6.93. The third-order valence-corrected chi connectivity index (χ3v) is 4.46. The summed E-state index contributed by atoms with van der Waals surface area (Å²) in [5, 5.41) is 0.